The first kappa shape index (κ1) is 14.8. The Hall–Kier alpha value is -0.260. The van der Waals surface area contributed by atoms with E-state index in [-0.39, 0.29) is 9.50 Å². The predicted octanol–water partition coefficient (Wildman–Crippen LogP) is 4.12. The van der Waals surface area contributed by atoms with E-state index in [1.54, 1.807) is 6.07 Å². The molecule has 1 rings (SSSR count). The van der Waals surface area contributed by atoms with Crippen molar-refractivity contribution in [1.29, 1.82) is 0 Å². The lowest BCUT2D eigenvalue weighted by atomic mass is 10.2. The van der Waals surface area contributed by atoms with E-state index in [1.165, 1.54) is 12.3 Å². The van der Waals surface area contributed by atoms with Crippen LogP contribution in [0.15, 0.2) is 21.0 Å². The fourth-order valence-corrected chi connectivity index (χ4v) is 2.09. The average molecular weight is 341 g/mol. The molecule has 0 N–H and O–H groups in total. The van der Waals surface area contributed by atoms with Gasteiger partial charge in [0.2, 0.25) is 0 Å². The van der Waals surface area contributed by atoms with Crippen LogP contribution in [0.2, 0.25) is 5.02 Å². The lowest BCUT2D eigenvalue weighted by Crippen LogP contribution is -2.19. The standard InChI is InChI=1S/C11H12BrClFNOS/c1-11(2,3)17(16)15-6-7-4-5-8(12)10(14)9(7)13/h4-6H,1-3H3/b15-6+/t17-/m0/s1. The molecule has 0 aliphatic heterocycles. The minimum absolute atomic E-state index is 0.0333. The van der Waals surface area contributed by atoms with Gasteiger partial charge in [0.15, 0.2) is 5.82 Å². The SMILES string of the molecule is CC(C)(C)[S@](=O)/N=C/c1ccc(Br)c(F)c1Cl. The maximum Gasteiger partial charge on any atom is 0.156 e. The van der Waals surface area contributed by atoms with Crippen molar-refractivity contribution in [3.8, 4) is 0 Å². The molecule has 0 aliphatic rings. The number of rotatable bonds is 2. The Morgan fingerprint density at radius 2 is 2.06 bits per heavy atom. The highest BCUT2D eigenvalue weighted by molar-refractivity contribution is 9.10. The third kappa shape index (κ3) is 3.86. The Balaban J connectivity index is 3.02. The highest BCUT2D eigenvalue weighted by Gasteiger charge is 2.18. The molecule has 6 heteroatoms. The van der Waals surface area contributed by atoms with E-state index in [9.17, 15) is 8.60 Å². The lowest BCUT2D eigenvalue weighted by molar-refractivity contribution is 0.621. The van der Waals surface area contributed by atoms with Crippen molar-refractivity contribution in [2.75, 3.05) is 0 Å². The summed E-state index contributed by atoms with van der Waals surface area (Å²) in [6, 6.07) is 3.14. The Labute approximate surface area is 116 Å². The van der Waals surface area contributed by atoms with Crippen LogP contribution in [0, 0.1) is 5.82 Å². The van der Waals surface area contributed by atoms with E-state index in [0.717, 1.165) is 0 Å². The van der Waals surface area contributed by atoms with E-state index in [2.05, 4.69) is 20.3 Å². The minimum atomic E-state index is -1.38. The van der Waals surface area contributed by atoms with Crippen LogP contribution in [0.1, 0.15) is 26.3 Å². The Morgan fingerprint density at radius 3 is 2.59 bits per heavy atom. The first-order valence-corrected chi connectivity index (χ1v) is 7.11. The minimum Gasteiger partial charge on any atom is -0.234 e. The van der Waals surface area contributed by atoms with Crippen LogP contribution in [-0.2, 0) is 11.0 Å². The van der Waals surface area contributed by atoms with E-state index >= 15 is 0 Å². The Morgan fingerprint density at radius 1 is 1.47 bits per heavy atom. The van der Waals surface area contributed by atoms with Gasteiger partial charge in [0.1, 0.15) is 11.0 Å². The smallest absolute Gasteiger partial charge is 0.156 e. The van der Waals surface area contributed by atoms with Gasteiger partial charge in [-0.05, 0) is 42.8 Å². The zero-order chi connectivity index (χ0) is 13.2. The summed E-state index contributed by atoms with van der Waals surface area (Å²) in [5.74, 6) is -0.544. The summed E-state index contributed by atoms with van der Waals surface area (Å²) in [4.78, 5) is 0. The monoisotopic (exact) mass is 339 g/mol. The van der Waals surface area contributed by atoms with Crippen LogP contribution in [0.4, 0.5) is 4.39 Å². The van der Waals surface area contributed by atoms with Gasteiger partial charge in [-0.2, -0.15) is 4.40 Å². The van der Waals surface area contributed by atoms with E-state index in [0.29, 0.717) is 5.56 Å². The van der Waals surface area contributed by atoms with Gasteiger partial charge in [0, 0.05) is 11.8 Å². The van der Waals surface area contributed by atoms with E-state index in [1.807, 2.05) is 20.8 Å². The Kier molecular flexibility index (Phi) is 4.86. The first-order chi connectivity index (χ1) is 7.73. The molecule has 0 fully saturated rings. The van der Waals surface area contributed by atoms with E-state index < -0.39 is 21.5 Å². The molecule has 0 amide bonds. The zero-order valence-electron chi connectivity index (χ0n) is 9.63. The highest BCUT2D eigenvalue weighted by atomic mass is 79.9. The number of benzene rings is 1. The molecule has 0 saturated carbocycles. The molecule has 0 aromatic heterocycles. The molecule has 0 bridgehead atoms. The number of hydrogen-bond donors (Lipinski definition) is 0. The molecule has 1 aromatic carbocycles. The van der Waals surface area contributed by atoms with Gasteiger partial charge >= 0.3 is 0 Å². The third-order valence-corrected chi connectivity index (χ3v) is 4.22. The zero-order valence-corrected chi connectivity index (χ0v) is 12.8. The van der Waals surface area contributed by atoms with Crippen LogP contribution in [0.3, 0.4) is 0 Å². The molecule has 1 atom stereocenters. The Bertz CT molecular complexity index is 485. The first-order valence-electron chi connectivity index (χ1n) is 4.83. The van der Waals surface area contributed by atoms with Crippen LogP contribution in [-0.4, -0.2) is 15.2 Å². The average Bonchev–Trinajstić information content (AvgIpc) is 2.23. The summed E-state index contributed by atoms with van der Waals surface area (Å²) in [6.45, 7) is 5.43. The summed E-state index contributed by atoms with van der Waals surface area (Å²) < 4.78 is 28.8. The summed E-state index contributed by atoms with van der Waals surface area (Å²) in [5, 5.41) is -0.0333. The second-order valence-electron chi connectivity index (χ2n) is 4.36. The van der Waals surface area contributed by atoms with Gasteiger partial charge in [-0.1, -0.05) is 17.7 Å². The van der Waals surface area contributed by atoms with Gasteiger partial charge < -0.3 is 0 Å². The number of nitrogens with zero attached hydrogens (tertiary/aromatic N) is 1. The van der Waals surface area contributed by atoms with Crippen molar-refractivity contribution in [3.05, 3.63) is 33.0 Å². The van der Waals surface area contributed by atoms with Crippen molar-refractivity contribution in [3.63, 3.8) is 0 Å². The summed E-state index contributed by atoms with van der Waals surface area (Å²) in [7, 11) is -1.38. The van der Waals surface area contributed by atoms with Crippen LogP contribution >= 0.6 is 27.5 Å². The second-order valence-corrected chi connectivity index (χ2v) is 7.53. The second kappa shape index (κ2) is 5.59. The van der Waals surface area contributed by atoms with Gasteiger partial charge in [0.25, 0.3) is 0 Å². The van der Waals surface area contributed by atoms with E-state index in [4.69, 9.17) is 11.6 Å². The van der Waals surface area contributed by atoms with Crippen molar-refractivity contribution in [2.24, 2.45) is 4.40 Å². The van der Waals surface area contributed by atoms with Crippen molar-refractivity contribution in [2.45, 2.75) is 25.5 Å². The molecule has 0 saturated heterocycles. The van der Waals surface area contributed by atoms with Gasteiger partial charge in [-0.3, -0.25) is 0 Å². The van der Waals surface area contributed by atoms with Crippen LogP contribution in [0.25, 0.3) is 0 Å². The van der Waals surface area contributed by atoms with Gasteiger partial charge in [0.05, 0.1) is 14.2 Å². The number of halogens is 3. The number of hydrogen-bond acceptors (Lipinski definition) is 1. The molecule has 0 aliphatic carbocycles. The maximum absolute atomic E-state index is 13.4. The maximum atomic E-state index is 13.4. The molecule has 1 aromatic rings. The fraction of sp³-hybridized carbons (Fsp3) is 0.364. The summed E-state index contributed by atoms with van der Waals surface area (Å²) in [6.07, 6.45) is 1.33. The third-order valence-electron chi connectivity index (χ3n) is 1.88. The van der Waals surface area contributed by atoms with Crippen molar-refractivity contribution in [1.82, 2.24) is 0 Å². The molecule has 0 radical (unpaired) electrons. The molecular formula is C11H12BrClFNOS. The molecule has 0 unspecified atom stereocenters. The predicted molar refractivity (Wildman–Crippen MR) is 74.6 cm³/mol. The molecular weight excluding hydrogens is 329 g/mol. The van der Waals surface area contributed by atoms with Crippen LogP contribution < -0.4 is 0 Å². The normalized spacial score (nSPS) is 14.2. The van der Waals surface area contributed by atoms with Crippen molar-refractivity contribution < 1.29 is 8.60 Å². The van der Waals surface area contributed by atoms with Gasteiger partial charge in [-0.15, -0.1) is 0 Å². The molecule has 0 heterocycles. The fourth-order valence-electron chi connectivity index (χ4n) is 0.903. The molecule has 17 heavy (non-hydrogen) atoms. The van der Waals surface area contributed by atoms with Gasteiger partial charge in [-0.25, -0.2) is 8.60 Å². The topological polar surface area (TPSA) is 29.4 Å². The molecule has 0 spiro atoms. The highest BCUT2D eigenvalue weighted by Crippen LogP contribution is 2.26. The summed E-state index contributed by atoms with van der Waals surface area (Å²) >= 11 is 8.83. The largest absolute Gasteiger partial charge is 0.234 e. The quantitative estimate of drug-likeness (QED) is 0.588. The van der Waals surface area contributed by atoms with Crippen molar-refractivity contribution >= 4 is 44.7 Å². The van der Waals surface area contributed by atoms with Crippen LogP contribution in [0.5, 0.6) is 0 Å². The summed E-state index contributed by atoms with van der Waals surface area (Å²) in [5.41, 5.74) is 0.407. The molecule has 94 valence electrons. The lowest BCUT2D eigenvalue weighted by Gasteiger charge is -2.12. The molecule has 2 nitrogen and oxygen atoms in total.